The number of ketones is 1. The van der Waals surface area contributed by atoms with Gasteiger partial charge in [-0.1, -0.05) is 31.4 Å². The van der Waals surface area contributed by atoms with Crippen LogP contribution in [0.4, 0.5) is 0 Å². The van der Waals surface area contributed by atoms with Crippen LogP contribution in [0.15, 0.2) is 85.0 Å². The second-order valence-electron chi connectivity index (χ2n) is 8.30. The maximum Gasteiger partial charge on any atom is 0.336 e. The van der Waals surface area contributed by atoms with Gasteiger partial charge in [0.1, 0.15) is 11.5 Å². The van der Waals surface area contributed by atoms with Crippen molar-refractivity contribution in [2.45, 2.75) is 13.8 Å². The molecule has 8 heteroatoms. The Kier molecular flexibility index (Phi) is 9.42. The van der Waals surface area contributed by atoms with Crippen molar-refractivity contribution in [2.75, 3.05) is 20.5 Å². The van der Waals surface area contributed by atoms with E-state index >= 15 is 0 Å². The van der Waals surface area contributed by atoms with Crippen LogP contribution in [-0.4, -0.2) is 38.2 Å². The summed E-state index contributed by atoms with van der Waals surface area (Å²) in [6.07, 6.45) is 2.96. The lowest BCUT2D eigenvalue weighted by Gasteiger charge is -2.12. The molecule has 0 aliphatic heterocycles. The first-order valence-electron chi connectivity index (χ1n) is 11.5. The van der Waals surface area contributed by atoms with Gasteiger partial charge in [-0.2, -0.15) is 0 Å². The summed E-state index contributed by atoms with van der Waals surface area (Å²) in [6, 6.07) is 15.7. The van der Waals surface area contributed by atoms with Gasteiger partial charge >= 0.3 is 11.9 Å². The fourth-order valence-electron chi connectivity index (χ4n) is 3.12. The van der Waals surface area contributed by atoms with Crippen molar-refractivity contribution < 1.29 is 38.1 Å². The van der Waals surface area contributed by atoms with Crippen LogP contribution >= 0.6 is 0 Å². The van der Waals surface area contributed by atoms with Gasteiger partial charge in [0, 0.05) is 17.7 Å². The van der Waals surface area contributed by atoms with Gasteiger partial charge in [-0.3, -0.25) is 4.79 Å². The lowest BCUT2D eigenvalue weighted by Crippen LogP contribution is -2.11. The number of carbonyl (C=O) groups is 3. The Morgan fingerprint density at radius 1 is 0.816 bits per heavy atom. The second kappa shape index (κ2) is 12.9. The molecule has 0 fully saturated rings. The number of benzene rings is 3. The van der Waals surface area contributed by atoms with E-state index in [-0.39, 0.29) is 30.5 Å². The van der Waals surface area contributed by atoms with Crippen molar-refractivity contribution in [1.29, 1.82) is 0 Å². The third kappa shape index (κ3) is 7.83. The maximum atomic E-state index is 12.4. The molecule has 0 aliphatic carbocycles. The molecular formula is C30H28O8. The van der Waals surface area contributed by atoms with Crippen LogP contribution in [0.3, 0.4) is 0 Å². The van der Waals surface area contributed by atoms with Gasteiger partial charge in [0.25, 0.3) is 0 Å². The summed E-state index contributed by atoms with van der Waals surface area (Å²) in [4.78, 5) is 35.5. The standard InChI is InChI=1S/C30H28O8/c1-19(2)26(31)17-35-24-10-9-22-14-21(6-8-23(22)15-24)7-13-29(32)38-25-11-12-27(28(16-25)34-5)36-18-37-30(33)20(3)4/h6-16H,1,3,17-18H2,2,4-5H3/b13-7+. The predicted octanol–water partition coefficient (Wildman–Crippen LogP) is 5.45. The van der Waals surface area contributed by atoms with Crippen LogP contribution in [0.2, 0.25) is 0 Å². The van der Waals surface area contributed by atoms with Crippen LogP contribution in [0, 0.1) is 0 Å². The molecule has 3 rings (SSSR count). The van der Waals surface area contributed by atoms with E-state index in [4.69, 9.17) is 23.7 Å². The second-order valence-corrected chi connectivity index (χ2v) is 8.30. The molecule has 0 atom stereocenters. The third-order valence-corrected chi connectivity index (χ3v) is 5.20. The molecule has 8 nitrogen and oxygen atoms in total. The Morgan fingerprint density at radius 3 is 2.24 bits per heavy atom. The molecule has 0 heterocycles. The maximum absolute atomic E-state index is 12.4. The Hall–Kier alpha value is -4.85. The van der Waals surface area contributed by atoms with Crippen molar-refractivity contribution in [3.8, 4) is 23.0 Å². The van der Waals surface area contributed by atoms with Gasteiger partial charge in [-0.15, -0.1) is 0 Å². The highest BCUT2D eigenvalue weighted by Gasteiger charge is 2.11. The zero-order valence-corrected chi connectivity index (χ0v) is 21.4. The Labute approximate surface area is 220 Å². The summed E-state index contributed by atoms with van der Waals surface area (Å²) >= 11 is 0. The minimum atomic E-state index is -0.581. The normalized spacial score (nSPS) is 10.6. The van der Waals surface area contributed by atoms with Crippen molar-refractivity contribution in [3.63, 3.8) is 0 Å². The van der Waals surface area contributed by atoms with Gasteiger partial charge in [0.2, 0.25) is 6.79 Å². The van der Waals surface area contributed by atoms with Gasteiger partial charge in [-0.25, -0.2) is 9.59 Å². The highest BCUT2D eigenvalue weighted by molar-refractivity contribution is 5.95. The van der Waals surface area contributed by atoms with Crippen molar-refractivity contribution in [2.24, 2.45) is 0 Å². The highest BCUT2D eigenvalue weighted by atomic mass is 16.7. The summed E-state index contributed by atoms with van der Waals surface area (Å²) in [5.74, 6) is 0.136. The average Bonchev–Trinajstić information content (AvgIpc) is 2.90. The topological polar surface area (TPSA) is 97.4 Å². The molecule has 3 aromatic rings. The van der Waals surface area contributed by atoms with E-state index in [1.807, 2.05) is 30.3 Å². The summed E-state index contributed by atoms with van der Waals surface area (Å²) in [5, 5.41) is 1.86. The molecule has 0 aliphatic rings. The van der Waals surface area contributed by atoms with Gasteiger partial charge in [0.15, 0.2) is 23.9 Å². The number of hydrogen-bond acceptors (Lipinski definition) is 8. The van der Waals surface area contributed by atoms with Crippen molar-refractivity contribution >= 4 is 34.6 Å². The van der Waals surface area contributed by atoms with E-state index in [1.54, 1.807) is 19.1 Å². The first-order valence-corrected chi connectivity index (χ1v) is 11.5. The Bertz CT molecular complexity index is 1420. The molecule has 3 aromatic carbocycles. The largest absolute Gasteiger partial charge is 0.493 e. The fraction of sp³-hybridized carbons (Fsp3) is 0.167. The zero-order valence-electron chi connectivity index (χ0n) is 21.4. The van der Waals surface area contributed by atoms with E-state index in [9.17, 15) is 14.4 Å². The van der Waals surface area contributed by atoms with E-state index in [0.717, 1.165) is 16.3 Å². The SMILES string of the molecule is C=C(C)C(=O)COc1ccc2cc(/C=C/C(=O)Oc3ccc(OCOC(=O)C(=C)C)c(OC)c3)ccc2c1. The number of Topliss-reactive ketones (excluding diaryl/α,β-unsaturated/α-hetero) is 1. The van der Waals surface area contributed by atoms with Crippen molar-refractivity contribution in [3.05, 3.63) is 90.5 Å². The highest BCUT2D eigenvalue weighted by Crippen LogP contribution is 2.31. The predicted molar refractivity (Wildman–Crippen MR) is 143 cm³/mol. The molecule has 0 N–H and O–H groups in total. The molecule has 0 radical (unpaired) electrons. The van der Waals surface area contributed by atoms with Crippen LogP contribution in [0.5, 0.6) is 23.0 Å². The number of carbonyl (C=O) groups excluding carboxylic acids is 3. The number of esters is 2. The van der Waals surface area contributed by atoms with Gasteiger partial charge < -0.3 is 23.7 Å². The molecule has 0 amide bonds. The first-order chi connectivity index (χ1) is 18.2. The summed E-state index contributed by atoms with van der Waals surface area (Å²) in [6.45, 7) is 9.91. The van der Waals surface area contributed by atoms with Crippen molar-refractivity contribution in [1.82, 2.24) is 0 Å². The Balaban J connectivity index is 1.60. The molecule has 0 bridgehead atoms. The Morgan fingerprint density at radius 2 is 1.53 bits per heavy atom. The molecule has 0 spiro atoms. The molecule has 38 heavy (non-hydrogen) atoms. The molecule has 0 saturated heterocycles. The molecule has 0 saturated carbocycles. The van der Waals surface area contributed by atoms with Crippen LogP contribution < -0.4 is 18.9 Å². The number of rotatable bonds is 12. The molecular weight excluding hydrogens is 488 g/mol. The number of hydrogen-bond donors (Lipinski definition) is 0. The molecule has 0 aromatic heterocycles. The van der Waals surface area contributed by atoms with Crippen LogP contribution in [-0.2, 0) is 19.1 Å². The minimum absolute atomic E-state index is 0.0592. The van der Waals surface area contributed by atoms with Gasteiger partial charge in [-0.05, 0) is 72.2 Å². The number of methoxy groups -OCH3 is 1. The quantitative estimate of drug-likeness (QED) is 0.136. The van der Waals surface area contributed by atoms with Crippen LogP contribution in [0.25, 0.3) is 16.8 Å². The minimum Gasteiger partial charge on any atom is -0.493 e. The monoisotopic (exact) mass is 516 g/mol. The summed E-state index contributed by atoms with van der Waals surface area (Å²) in [7, 11) is 1.43. The van der Waals surface area contributed by atoms with Crippen LogP contribution in [0.1, 0.15) is 19.4 Å². The smallest absolute Gasteiger partial charge is 0.336 e. The van der Waals surface area contributed by atoms with E-state index in [2.05, 4.69) is 13.2 Å². The van der Waals surface area contributed by atoms with E-state index in [0.29, 0.717) is 22.8 Å². The summed E-state index contributed by atoms with van der Waals surface area (Å²) < 4.78 is 26.5. The zero-order chi connectivity index (χ0) is 27.7. The first kappa shape index (κ1) is 27.7. The lowest BCUT2D eigenvalue weighted by atomic mass is 10.1. The lowest BCUT2D eigenvalue weighted by molar-refractivity contribution is -0.145. The fourth-order valence-corrected chi connectivity index (χ4v) is 3.12. The summed E-state index contributed by atoms with van der Waals surface area (Å²) in [5.41, 5.74) is 1.50. The van der Waals surface area contributed by atoms with E-state index in [1.165, 1.54) is 38.3 Å². The third-order valence-electron chi connectivity index (χ3n) is 5.20. The molecule has 0 unspecified atom stereocenters. The number of fused-ring (bicyclic) bond motifs is 1. The average molecular weight is 517 g/mol. The number of ether oxygens (including phenoxy) is 5. The van der Waals surface area contributed by atoms with E-state index < -0.39 is 11.9 Å². The van der Waals surface area contributed by atoms with Gasteiger partial charge in [0.05, 0.1) is 7.11 Å². The molecule has 196 valence electrons.